The van der Waals surface area contributed by atoms with Gasteiger partial charge in [-0.15, -0.1) is 5.10 Å². The van der Waals surface area contributed by atoms with Crippen LogP contribution >= 0.6 is 0 Å². The number of aliphatic hydroxyl groups is 1. The van der Waals surface area contributed by atoms with Crippen molar-refractivity contribution in [1.29, 1.82) is 0 Å². The van der Waals surface area contributed by atoms with Gasteiger partial charge in [-0.25, -0.2) is 0 Å². The molecule has 1 aromatic heterocycles. The van der Waals surface area contributed by atoms with E-state index in [2.05, 4.69) is 15.5 Å². The van der Waals surface area contributed by atoms with Crippen molar-refractivity contribution in [3.8, 4) is 0 Å². The van der Waals surface area contributed by atoms with Crippen LogP contribution in [-0.2, 0) is 0 Å². The molecular formula is C9H13N3O. The minimum Gasteiger partial charge on any atom is -0.393 e. The molecule has 1 aromatic rings. The lowest BCUT2D eigenvalue weighted by Gasteiger charge is -2.32. The fourth-order valence-corrected chi connectivity index (χ4v) is 1.45. The Kier molecular flexibility index (Phi) is 2.14. The number of aromatic nitrogens is 2. The fourth-order valence-electron chi connectivity index (χ4n) is 1.45. The second-order valence-corrected chi connectivity index (χ2v) is 3.58. The highest BCUT2D eigenvalue weighted by Gasteiger charge is 2.27. The highest BCUT2D eigenvalue weighted by molar-refractivity contribution is 5.36. The second-order valence-electron chi connectivity index (χ2n) is 3.58. The summed E-state index contributed by atoms with van der Waals surface area (Å²) < 4.78 is 0. The van der Waals surface area contributed by atoms with E-state index in [1.807, 2.05) is 13.0 Å². The summed E-state index contributed by atoms with van der Waals surface area (Å²) in [4.78, 5) is 0. The zero-order valence-corrected chi connectivity index (χ0v) is 7.57. The minimum absolute atomic E-state index is 0.129. The minimum atomic E-state index is -0.129. The lowest BCUT2D eigenvalue weighted by Crippen LogP contribution is -2.39. The van der Waals surface area contributed by atoms with E-state index in [0.29, 0.717) is 6.04 Å². The molecule has 2 rings (SSSR count). The van der Waals surface area contributed by atoms with Crippen LogP contribution in [0.5, 0.6) is 0 Å². The van der Waals surface area contributed by atoms with Crippen LogP contribution in [0.2, 0.25) is 0 Å². The molecule has 0 spiro atoms. The third-order valence-electron chi connectivity index (χ3n) is 2.26. The maximum atomic E-state index is 9.07. The first-order valence-corrected chi connectivity index (χ1v) is 4.48. The van der Waals surface area contributed by atoms with E-state index in [0.717, 1.165) is 24.2 Å². The Labute approximate surface area is 77.0 Å². The molecule has 4 heteroatoms. The predicted molar refractivity (Wildman–Crippen MR) is 49.4 cm³/mol. The molecule has 0 amide bonds. The number of hydrogen-bond acceptors (Lipinski definition) is 4. The van der Waals surface area contributed by atoms with Crippen molar-refractivity contribution in [3.63, 3.8) is 0 Å². The molecule has 0 radical (unpaired) electrons. The Morgan fingerprint density at radius 1 is 1.54 bits per heavy atom. The zero-order valence-electron chi connectivity index (χ0n) is 7.57. The molecule has 0 saturated heterocycles. The van der Waals surface area contributed by atoms with E-state index in [9.17, 15) is 0 Å². The normalized spacial score (nSPS) is 26.6. The third kappa shape index (κ3) is 1.95. The highest BCUT2D eigenvalue weighted by atomic mass is 16.3. The molecule has 0 unspecified atom stereocenters. The van der Waals surface area contributed by atoms with Gasteiger partial charge in [0.2, 0.25) is 0 Å². The standard InChI is InChI=1S/C9H13N3O/c1-6-2-9(12-10-5-6)11-7-3-8(13)4-7/h2,5,7-8,13H,3-4H2,1H3,(H,11,12). The molecule has 0 aliphatic heterocycles. The average molecular weight is 179 g/mol. The molecule has 70 valence electrons. The number of hydrogen-bond donors (Lipinski definition) is 2. The lowest BCUT2D eigenvalue weighted by atomic mass is 9.89. The smallest absolute Gasteiger partial charge is 0.149 e. The number of aliphatic hydroxyl groups excluding tert-OH is 1. The van der Waals surface area contributed by atoms with Crippen LogP contribution < -0.4 is 5.32 Å². The molecular weight excluding hydrogens is 166 g/mol. The Morgan fingerprint density at radius 2 is 2.31 bits per heavy atom. The average Bonchev–Trinajstić information content (AvgIpc) is 2.01. The van der Waals surface area contributed by atoms with Crippen LogP contribution in [0.15, 0.2) is 12.3 Å². The SMILES string of the molecule is Cc1cnnc(NC2CC(O)C2)c1. The van der Waals surface area contributed by atoms with Gasteiger partial charge < -0.3 is 10.4 Å². The van der Waals surface area contributed by atoms with E-state index in [1.165, 1.54) is 0 Å². The first kappa shape index (κ1) is 8.44. The molecule has 0 bridgehead atoms. The van der Waals surface area contributed by atoms with E-state index in [4.69, 9.17) is 5.11 Å². The van der Waals surface area contributed by atoms with Gasteiger partial charge in [-0.3, -0.25) is 0 Å². The summed E-state index contributed by atoms with van der Waals surface area (Å²) in [6, 6.07) is 2.32. The number of aryl methyl sites for hydroxylation is 1. The largest absolute Gasteiger partial charge is 0.393 e. The topological polar surface area (TPSA) is 58.0 Å². The van der Waals surface area contributed by atoms with Crippen molar-refractivity contribution in [3.05, 3.63) is 17.8 Å². The number of nitrogens with zero attached hydrogens (tertiary/aromatic N) is 2. The van der Waals surface area contributed by atoms with Gasteiger partial charge in [-0.05, 0) is 31.4 Å². The maximum absolute atomic E-state index is 9.07. The summed E-state index contributed by atoms with van der Waals surface area (Å²) in [5.74, 6) is 0.803. The van der Waals surface area contributed by atoms with Crippen LogP contribution in [0.25, 0.3) is 0 Å². The first-order valence-electron chi connectivity index (χ1n) is 4.48. The van der Waals surface area contributed by atoms with Gasteiger partial charge in [0, 0.05) is 6.04 Å². The van der Waals surface area contributed by atoms with E-state index < -0.39 is 0 Å². The summed E-state index contributed by atoms with van der Waals surface area (Å²) in [6.07, 6.45) is 3.22. The fraction of sp³-hybridized carbons (Fsp3) is 0.556. The molecule has 0 aromatic carbocycles. The lowest BCUT2D eigenvalue weighted by molar-refractivity contribution is 0.0835. The van der Waals surface area contributed by atoms with Crippen LogP contribution in [0.4, 0.5) is 5.82 Å². The van der Waals surface area contributed by atoms with Gasteiger partial charge >= 0.3 is 0 Å². The molecule has 1 saturated carbocycles. The van der Waals surface area contributed by atoms with Crippen molar-refractivity contribution in [2.45, 2.75) is 31.9 Å². The Morgan fingerprint density at radius 3 is 2.92 bits per heavy atom. The molecule has 4 nitrogen and oxygen atoms in total. The number of nitrogens with one attached hydrogen (secondary N) is 1. The van der Waals surface area contributed by atoms with Crippen LogP contribution in [0, 0.1) is 6.92 Å². The zero-order chi connectivity index (χ0) is 9.26. The van der Waals surface area contributed by atoms with Crippen molar-refractivity contribution in [1.82, 2.24) is 10.2 Å². The van der Waals surface area contributed by atoms with Crippen molar-refractivity contribution in [2.75, 3.05) is 5.32 Å². The van der Waals surface area contributed by atoms with Gasteiger partial charge in [0.05, 0.1) is 12.3 Å². The monoisotopic (exact) mass is 179 g/mol. The van der Waals surface area contributed by atoms with E-state index in [1.54, 1.807) is 6.20 Å². The molecule has 0 atom stereocenters. The summed E-state index contributed by atoms with van der Waals surface area (Å²) in [7, 11) is 0. The molecule has 1 fully saturated rings. The molecule has 2 N–H and O–H groups in total. The maximum Gasteiger partial charge on any atom is 0.149 e. The van der Waals surface area contributed by atoms with Gasteiger partial charge in [0.15, 0.2) is 0 Å². The molecule has 1 heterocycles. The van der Waals surface area contributed by atoms with Gasteiger partial charge in [0.25, 0.3) is 0 Å². The summed E-state index contributed by atoms with van der Waals surface area (Å²) in [6.45, 7) is 1.98. The predicted octanol–water partition coefficient (Wildman–Crippen LogP) is 0.720. The second kappa shape index (κ2) is 3.30. The molecule has 1 aliphatic carbocycles. The quantitative estimate of drug-likeness (QED) is 0.702. The number of rotatable bonds is 2. The van der Waals surface area contributed by atoms with E-state index >= 15 is 0 Å². The number of anilines is 1. The Hall–Kier alpha value is -1.16. The summed E-state index contributed by atoms with van der Waals surface area (Å²) in [5, 5.41) is 20.1. The van der Waals surface area contributed by atoms with Crippen LogP contribution in [0.3, 0.4) is 0 Å². The summed E-state index contributed by atoms with van der Waals surface area (Å²) >= 11 is 0. The molecule has 13 heavy (non-hydrogen) atoms. The van der Waals surface area contributed by atoms with Crippen molar-refractivity contribution in [2.24, 2.45) is 0 Å². The van der Waals surface area contributed by atoms with Gasteiger partial charge in [-0.1, -0.05) is 0 Å². The van der Waals surface area contributed by atoms with Crippen molar-refractivity contribution < 1.29 is 5.11 Å². The first-order chi connectivity index (χ1) is 6.24. The third-order valence-corrected chi connectivity index (χ3v) is 2.26. The highest BCUT2D eigenvalue weighted by Crippen LogP contribution is 2.22. The summed E-state index contributed by atoms with van der Waals surface area (Å²) in [5.41, 5.74) is 1.09. The van der Waals surface area contributed by atoms with Gasteiger partial charge in [-0.2, -0.15) is 5.10 Å². The Bertz CT molecular complexity index is 297. The Balaban J connectivity index is 1.94. The van der Waals surface area contributed by atoms with Gasteiger partial charge in [0.1, 0.15) is 5.82 Å². The van der Waals surface area contributed by atoms with Crippen LogP contribution in [0.1, 0.15) is 18.4 Å². The van der Waals surface area contributed by atoms with Crippen LogP contribution in [-0.4, -0.2) is 27.4 Å². The molecule has 1 aliphatic rings. The van der Waals surface area contributed by atoms with E-state index in [-0.39, 0.29) is 6.10 Å². The van der Waals surface area contributed by atoms with Crippen molar-refractivity contribution >= 4 is 5.82 Å².